The van der Waals surface area contributed by atoms with Crippen LogP contribution in [-0.2, 0) is 13.0 Å². The Balaban J connectivity index is 2.21. The molecule has 1 atom stereocenters. The Labute approximate surface area is 101 Å². The number of aryl methyl sites for hydroxylation is 2. The first-order chi connectivity index (χ1) is 8.26. The number of hydrogen-bond acceptors (Lipinski definition) is 3. The van der Waals surface area contributed by atoms with Gasteiger partial charge in [0, 0.05) is 30.3 Å². The molecule has 2 rings (SSSR count). The lowest BCUT2D eigenvalue weighted by atomic mass is 10.0. The largest absolute Gasteiger partial charge is 0.469 e. The lowest BCUT2D eigenvalue weighted by Gasteiger charge is -2.07. The van der Waals surface area contributed by atoms with Gasteiger partial charge in [0.15, 0.2) is 0 Å². The van der Waals surface area contributed by atoms with Crippen molar-refractivity contribution in [3.05, 3.63) is 41.6 Å². The molecule has 0 spiro atoms. The van der Waals surface area contributed by atoms with Crippen LogP contribution < -0.4 is 0 Å². The lowest BCUT2D eigenvalue weighted by Crippen LogP contribution is -2.00. The van der Waals surface area contributed by atoms with E-state index in [0.717, 1.165) is 36.3 Å². The molecule has 4 nitrogen and oxygen atoms in total. The molecule has 0 aliphatic rings. The first-order valence-electron chi connectivity index (χ1n) is 6.03. The van der Waals surface area contributed by atoms with E-state index in [1.165, 1.54) is 0 Å². The molecule has 2 aromatic rings. The van der Waals surface area contributed by atoms with E-state index < -0.39 is 6.10 Å². The third-order valence-corrected chi connectivity index (χ3v) is 2.82. The molecular formula is C13H18N2O2. The Morgan fingerprint density at radius 2 is 2.29 bits per heavy atom. The molecular weight excluding hydrogens is 216 g/mol. The summed E-state index contributed by atoms with van der Waals surface area (Å²) in [6.45, 7) is 4.98. The molecule has 92 valence electrons. The monoisotopic (exact) mass is 234 g/mol. The number of aliphatic hydroxyl groups is 1. The van der Waals surface area contributed by atoms with Crippen LogP contribution in [0.1, 0.15) is 43.3 Å². The number of furan rings is 1. The average Bonchev–Trinajstić information content (AvgIpc) is 2.96. The molecule has 0 aliphatic carbocycles. The summed E-state index contributed by atoms with van der Waals surface area (Å²) in [6, 6.07) is 1.82. The molecule has 2 aromatic heterocycles. The molecule has 0 radical (unpaired) electrons. The van der Waals surface area contributed by atoms with Gasteiger partial charge < -0.3 is 9.52 Å². The van der Waals surface area contributed by atoms with Crippen LogP contribution in [0.15, 0.2) is 29.1 Å². The molecule has 0 aliphatic heterocycles. The highest BCUT2D eigenvalue weighted by Gasteiger charge is 2.17. The molecule has 0 amide bonds. The Morgan fingerprint density at radius 1 is 1.47 bits per heavy atom. The van der Waals surface area contributed by atoms with E-state index in [4.69, 9.17) is 4.42 Å². The minimum Gasteiger partial charge on any atom is -0.469 e. The van der Waals surface area contributed by atoms with Crippen molar-refractivity contribution < 1.29 is 9.52 Å². The highest BCUT2D eigenvalue weighted by molar-refractivity contribution is 5.28. The summed E-state index contributed by atoms with van der Waals surface area (Å²) in [6.07, 6.45) is 6.39. The standard InChI is InChI=1S/C13H18N2O2/c1-3-6-15-9-10(8-14-15)13(16)11-5-7-17-12(11)4-2/h5,7-9,13,16H,3-4,6H2,1-2H3. The highest BCUT2D eigenvalue weighted by atomic mass is 16.3. The zero-order valence-corrected chi connectivity index (χ0v) is 10.3. The lowest BCUT2D eigenvalue weighted by molar-refractivity contribution is 0.217. The number of rotatable bonds is 5. The van der Waals surface area contributed by atoms with Crippen molar-refractivity contribution in [3.8, 4) is 0 Å². The molecule has 0 bridgehead atoms. The van der Waals surface area contributed by atoms with Gasteiger partial charge in [-0.05, 0) is 12.5 Å². The van der Waals surface area contributed by atoms with Gasteiger partial charge in [-0.1, -0.05) is 13.8 Å². The molecule has 0 fully saturated rings. The minimum absolute atomic E-state index is 0.644. The molecule has 4 heteroatoms. The molecule has 1 N–H and O–H groups in total. The van der Waals surface area contributed by atoms with Crippen LogP contribution in [0.4, 0.5) is 0 Å². The predicted molar refractivity (Wildman–Crippen MR) is 64.7 cm³/mol. The van der Waals surface area contributed by atoms with E-state index >= 15 is 0 Å². The van der Waals surface area contributed by atoms with Gasteiger partial charge in [0.05, 0.1) is 12.5 Å². The fourth-order valence-corrected chi connectivity index (χ4v) is 1.93. The van der Waals surface area contributed by atoms with E-state index in [1.54, 1.807) is 12.5 Å². The number of hydrogen-bond donors (Lipinski definition) is 1. The quantitative estimate of drug-likeness (QED) is 0.864. The Kier molecular flexibility index (Phi) is 3.64. The highest BCUT2D eigenvalue weighted by Crippen LogP contribution is 2.25. The first kappa shape index (κ1) is 11.9. The van der Waals surface area contributed by atoms with Crippen LogP contribution in [0.3, 0.4) is 0 Å². The normalized spacial score (nSPS) is 12.9. The van der Waals surface area contributed by atoms with Crippen LogP contribution >= 0.6 is 0 Å². The van der Waals surface area contributed by atoms with E-state index in [0.29, 0.717) is 0 Å². The van der Waals surface area contributed by atoms with Crippen LogP contribution in [0.25, 0.3) is 0 Å². The van der Waals surface area contributed by atoms with E-state index in [1.807, 2.05) is 23.9 Å². The predicted octanol–water partition coefficient (Wildman–Crippen LogP) is 2.53. The van der Waals surface area contributed by atoms with E-state index in [2.05, 4.69) is 12.0 Å². The van der Waals surface area contributed by atoms with Crippen molar-refractivity contribution in [2.24, 2.45) is 0 Å². The fourth-order valence-electron chi connectivity index (χ4n) is 1.93. The maximum atomic E-state index is 10.3. The number of nitrogens with zero attached hydrogens (tertiary/aromatic N) is 2. The van der Waals surface area contributed by atoms with Crippen molar-refractivity contribution in [2.45, 2.75) is 39.3 Å². The Bertz CT molecular complexity index is 473. The Morgan fingerprint density at radius 3 is 3.00 bits per heavy atom. The van der Waals surface area contributed by atoms with Crippen molar-refractivity contribution >= 4 is 0 Å². The van der Waals surface area contributed by atoms with Crippen molar-refractivity contribution in [1.82, 2.24) is 9.78 Å². The second-order valence-electron chi connectivity index (χ2n) is 4.09. The van der Waals surface area contributed by atoms with Crippen molar-refractivity contribution in [2.75, 3.05) is 0 Å². The summed E-state index contributed by atoms with van der Waals surface area (Å²) in [4.78, 5) is 0. The van der Waals surface area contributed by atoms with Crippen LogP contribution in [0.2, 0.25) is 0 Å². The number of aliphatic hydroxyl groups excluding tert-OH is 1. The van der Waals surface area contributed by atoms with Crippen molar-refractivity contribution in [1.29, 1.82) is 0 Å². The molecule has 1 unspecified atom stereocenters. The summed E-state index contributed by atoms with van der Waals surface area (Å²) < 4.78 is 7.17. The molecule has 2 heterocycles. The summed E-state index contributed by atoms with van der Waals surface area (Å²) in [5, 5.41) is 14.5. The number of aromatic nitrogens is 2. The summed E-state index contributed by atoms with van der Waals surface area (Å²) in [5.41, 5.74) is 1.65. The minimum atomic E-state index is -0.644. The summed E-state index contributed by atoms with van der Waals surface area (Å²) in [5.74, 6) is 0.834. The molecule has 0 aromatic carbocycles. The molecule has 0 saturated heterocycles. The maximum absolute atomic E-state index is 10.3. The topological polar surface area (TPSA) is 51.2 Å². The smallest absolute Gasteiger partial charge is 0.110 e. The third kappa shape index (κ3) is 2.42. The van der Waals surface area contributed by atoms with E-state index in [-0.39, 0.29) is 0 Å². The second-order valence-corrected chi connectivity index (χ2v) is 4.09. The molecule has 17 heavy (non-hydrogen) atoms. The van der Waals surface area contributed by atoms with Crippen LogP contribution in [-0.4, -0.2) is 14.9 Å². The fraction of sp³-hybridized carbons (Fsp3) is 0.462. The van der Waals surface area contributed by atoms with Gasteiger partial charge in [0.2, 0.25) is 0 Å². The van der Waals surface area contributed by atoms with Gasteiger partial charge in [-0.2, -0.15) is 5.10 Å². The second kappa shape index (κ2) is 5.19. The average molecular weight is 234 g/mol. The SMILES string of the molecule is CCCn1cc(C(O)c2ccoc2CC)cn1. The van der Waals surface area contributed by atoms with E-state index in [9.17, 15) is 5.11 Å². The summed E-state index contributed by atoms with van der Waals surface area (Å²) in [7, 11) is 0. The van der Waals surface area contributed by atoms with Crippen LogP contribution in [0.5, 0.6) is 0 Å². The van der Waals surface area contributed by atoms with Crippen LogP contribution in [0, 0.1) is 0 Å². The zero-order chi connectivity index (χ0) is 12.3. The van der Waals surface area contributed by atoms with Gasteiger partial charge in [0.25, 0.3) is 0 Å². The van der Waals surface area contributed by atoms with Gasteiger partial charge in [-0.3, -0.25) is 4.68 Å². The summed E-state index contributed by atoms with van der Waals surface area (Å²) >= 11 is 0. The third-order valence-electron chi connectivity index (χ3n) is 2.82. The van der Waals surface area contributed by atoms with Crippen molar-refractivity contribution in [3.63, 3.8) is 0 Å². The van der Waals surface area contributed by atoms with Gasteiger partial charge >= 0.3 is 0 Å². The maximum Gasteiger partial charge on any atom is 0.110 e. The van der Waals surface area contributed by atoms with Gasteiger partial charge in [-0.25, -0.2) is 0 Å². The zero-order valence-electron chi connectivity index (χ0n) is 10.3. The molecule has 0 saturated carbocycles. The van der Waals surface area contributed by atoms with Gasteiger partial charge in [-0.15, -0.1) is 0 Å². The Hall–Kier alpha value is -1.55. The first-order valence-corrected chi connectivity index (χ1v) is 6.03. The van der Waals surface area contributed by atoms with Gasteiger partial charge in [0.1, 0.15) is 11.9 Å².